The summed E-state index contributed by atoms with van der Waals surface area (Å²) >= 11 is 2.45. The second-order valence-electron chi connectivity index (χ2n) is 2.76. The van der Waals surface area contributed by atoms with E-state index in [2.05, 4.69) is 15.2 Å². The first-order chi connectivity index (χ1) is 7.66. The largest absolute Gasteiger partial charge is 0.476 e. The number of thioether (sulfide) groups is 1. The summed E-state index contributed by atoms with van der Waals surface area (Å²) in [5.74, 6) is 5.02. The van der Waals surface area contributed by atoms with Crippen LogP contribution < -0.4 is 5.84 Å². The van der Waals surface area contributed by atoms with Gasteiger partial charge in [0.05, 0.1) is 5.69 Å². The Labute approximate surface area is 98.3 Å². The maximum absolute atomic E-state index is 10.6. The van der Waals surface area contributed by atoms with Crippen LogP contribution in [0.5, 0.6) is 0 Å². The minimum absolute atomic E-state index is 0.0878. The highest BCUT2D eigenvalue weighted by Crippen LogP contribution is 2.20. The predicted octanol–water partition coefficient (Wildman–Crippen LogP) is 0.439. The number of rotatable bonds is 4. The van der Waals surface area contributed by atoms with E-state index < -0.39 is 5.97 Å². The molecule has 7 nitrogen and oxygen atoms in total. The summed E-state index contributed by atoms with van der Waals surface area (Å²) in [7, 11) is 0. The van der Waals surface area contributed by atoms with Crippen molar-refractivity contribution in [1.82, 2.24) is 19.9 Å². The average Bonchev–Trinajstić information content (AvgIpc) is 2.83. The third kappa shape index (κ3) is 2.31. The molecule has 2 rings (SSSR count). The molecule has 2 heterocycles. The number of nitrogens with two attached hydrogens (primary N) is 1. The number of aromatic nitrogens is 4. The zero-order valence-corrected chi connectivity index (χ0v) is 9.53. The van der Waals surface area contributed by atoms with E-state index in [1.165, 1.54) is 22.8 Å². The summed E-state index contributed by atoms with van der Waals surface area (Å²) in [6.45, 7) is 0. The molecule has 0 aliphatic heterocycles. The Morgan fingerprint density at radius 3 is 3.06 bits per heavy atom. The minimum Gasteiger partial charge on any atom is -0.476 e. The van der Waals surface area contributed by atoms with Crippen molar-refractivity contribution in [3.8, 4) is 0 Å². The third-order valence-electron chi connectivity index (χ3n) is 1.62. The van der Waals surface area contributed by atoms with E-state index >= 15 is 0 Å². The molecule has 0 atom stereocenters. The van der Waals surface area contributed by atoms with Gasteiger partial charge >= 0.3 is 5.97 Å². The van der Waals surface area contributed by atoms with Crippen molar-refractivity contribution in [3.05, 3.63) is 22.4 Å². The molecule has 0 aliphatic carbocycles. The first-order valence-electron chi connectivity index (χ1n) is 4.12. The fourth-order valence-electron chi connectivity index (χ4n) is 0.945. The van der Waals surface area contributed by atoms with Gasteiger partial charge in [-0.15, -0.1) is 21.5 Å². The Kier molecular flexibility index (Phi) is 3.06. The summed E-state index contributed by atoms with van der Waals surface area (Å²) in [5.41, 5.74) is 0.690. The van der Waals surface area contributed by atoms with Gasteiger partial charge < -0.3 is 10.9 Å². The molecule has 2 aromatic heterocycles. The van der Waals surface area contributed by atoms with Crippen LogP contribution >= 0.6 is 23.1 Å². The molecular weight excluding hydrogens is 250 g/mol. The van der Waals surface area contributed by atoms with Gasteiger partial charge in [-0.3, -0.25) is 0 Å². The van der Waals surface area contributed by atoms with Crippen LogP contribution in [0.25, 0.3) is 0 Å². The maximum atomic E-state index is 10.6. The summed E-state index contributed by atoms with van der Waals surface area (Å²) in [5, 5.41) is 18.4. The van der Waals surface area contributed by atoms with Crippen LogP contribution in [0.3, 0.4) is 0 Å². The van der Waals surface area contributed by atoms with Crippen LogP contribution in [0.1, 0.15) is 15.5 Å². The minimum atomic E-state index is -1.01. The number of nitrogens with zero attached hydrogens (tertiary/aromatic N) is 4. The molecule has 0 saturated heterocycles. The van der Waals surface area contributed by atoms with Crippen LogP contribution in [0, 0.1) is 0 Å². The number of thiazole rings is 1. The van der Waals surface area contributed by atoms with Crippen LogP contribution in [0.2, 0.25) is 0 Å². The Morgan fingerprint density at radius 2 is 2.50 bits per heavy atom. The molecule has 0 radical (unpaired) electrons. The molecular formula is C7H7N5O2S2. The van der Waals surface area contributed by atoms with Gasteiger partial charge in [0, 0.05) is 11.1 Å². The Balaban J connectivity index is 2.00. The molecule has 84 valence electrons. The van der Waals surface area contributed by atoms with Gasteiger partial charge in [0.15, 0.2) is 0 Å². The number of hydrogen-bond acceptors (Lipinski definition) is 7. The smallest absolute Gasteiger partial charge is 0.365 e. The van der Waals surface area contributed by atoms with E-state index in [-0.39, 0.29) is 5.01 Å². The summed E-state index contributed by atoms with van der Waals surface area (Å²) < 4.78 is 1.30. The van der Waals surface area contributed by atoms with Crippen molar-refractivity contribution < 1.29 is 9.90 Å². The fourth-order valence-corrected chi connectivity index (χ4v) is 2.43. The van der Waals surface area contributed by atoms with E-state index in [1.807, 2.05) is 0 Å². The molecule has 0 spiro atoms. The van der Waals surface area contributed by atoms with E-state index in [0.29, 0.717) is 16.6 Å². The first kappa shape index (κ1) is 10.9. The van der Waals surface area contributed by atoms with Gasteiger partial charge in [-0.2, -0.15) is 0 Å². The zero-order chi connectivity index (χ0) is 11.5. The molecule has 2 aromatic rings. The lowest BCUT2D eigenvalue weighted by atomic mass is 10.6. The van der Waals surface area contributed by atoms with Crippen molar-refractivity contribution in [2.24, 2.45) is 0 Å². The fraction of sp³-hybridized carbons (Fsp3) is 0.143. The van der Waals surface area contributed by atoms with Crippen molar-refractivity contribution in [2.45, 2.75) is 10.9 Å². The predicted molar refractivity (Wildman–Crippen MR) is 58.8 cm³/mol. The Hall–Kier alpha value is -1.61. The van der Waals surface area contributed by atoms with E-state index in [1.54, 1.807) is 5.38 Å². The van der Waals surface area contributed by atoms with Gasteiger partial charge in [-0.1, -0.05) is 11.8 Å². The Bertz CT molecular complexity index is 508. The molecule has 0 saturated carbocycles. The number of carboxylic acid groups (broad SMARTS) is 1. The number of carboxylic acids is 1. The summed E-state index contributed by atoms with van der Waals surface area (Å²) in [6.07, 6.45) is 1.39. The lowest BCUT2D eigenvalue weighted by Crippen LogP contribution is -2.07. The van der Waals surface area contributed by atoms with Gasteiger partial charge in [0.2, 0.25) is 10.2 Å². The average molecular weight is 257 g/mol. The van der Waals surface area contributed by atoms with Crippen molar-refractivity contribution in [3.63, 3.8) is 0 Å². The molecule has 0 aliphatic rings. The maximum Gasteiger partial charge on any atom is 0.365 e. The van der Waals surface area contributed by atoms with Gasteiger partial charge in [0.25, 0.3) is 0 Å². The number of aromatic carboxylic acids is 1. The summed E-state index contributed by atoms with van der Waals surface area (Å²) in [6, 6.07) is 0. The number of hydrogen-bond donors (Lipinski definition) is 2. The zero-order valence-electron chi connectivity index (χ0n) is 7.90. The lowest BCUT2D eigenvalue weighted by molar-refractivity contribution is 0.0696. The second-order valence-corrected chi connectivity index (χ2v) is 4.56. The standard InChI is InChI=1S/C7H7N5O2S2/c8-12-3-9-11-7(12)16-2-4-1-15-5(10-4)6(13)14/h1,3H,2,8H2,(H,13,14). The Morgan fingerprint density at radius 1 is 1.69 bits per heavy atom. The van der Waals surface area contributed by atoms with Crippen LogP contribution in [-0.4, -0.2) is 30.9 Å². The van der Waals surface area contributed by atoms with Crippen LogP contribution in [-0.2, 0) is 5.75 Å². The topological polar surface area (TPSA) is 107 Å². The molecule has 3 N–H and O–H groups in total. The van der Waals surface area contributed by atoms with E-state index in [9.17, 15) is 4.79 Å². The molecule has 0 unspecified atom stereocenters. The number of nitrogen functional groups attached to an aromatic ring is 1. The van der Waals surface area contributed by atoms with Crippen LogP contribution in [0.15, 0.2) is 16.9 Å². The first-order valence-corrected chi connectivity index (χ1v) is 5.99. The van der Waals surface area contributed by atoms with Gasteiger partial charge in [-0.25, -0.2) is 14.5 Å². The molecule has 9 heteroatoms. The quantitative estimate of drug-likeness (QED) is 0.604. The second kappa shape index (κ2) is 4.49. The monoisotopic (exact) mass is 257 g/mol. The van der Waals surface area contributed by atoms with Crippen molar-refractivity contribution in [2.75, 3.05) is 5.84 Å². The number of carbonyl (C=O) groups is 1. The van der Waals surface area contributed by atoms with Crippen molar-refractivity contribution in [1.29, 1.82) is 0 Å². The summed E-state index contributed by atoms with van der Waals surface area (Å²) in [4.78, 5) is 14.5. The third-order valence-corrected chi connectivity index (χ3v) is 3.49. The highest BCUT2D eigenvalue weighted by molar-refractivity contribution is 7.98. The SMILES string of the molecule is Nn1cnnc1SCc1csc(C(=O)O)n1. The lowest BCUT2D eigenvalue weighted by Gasteiger charge is -1.96. The van der Waals surface area contributed by atoms with Gasteiger partial charge in [-0.05, 0) is 0 Å². The van der Waals surface area contributed by atoms with E-state index in [4.69, 9.17) is 10.9 Å². The molecule has 16 heavy (non-hydrogen) atoms. The molecule has 0 amide bonds. The highest BCUT2D eigenvalue weighted by atomic mass is 32.2. The normalized spacial score (nSPS) is 10.5. The van der Waals surface area contributed by atoms with E-state index in [0.717, 1.165) is 11.3 Å². The van der Waals surface area contributed by atoms with Gasteiger partial charge in [0.1, 0.15) is 6.33 Å². The molecule has 0 bridgehead atoms. The van der Waals surface area contributed by atoms with Crippen LogP contribution in [0.4, 0.5) is 0 Å². The molecule has 0 fully saturated rings. The highest BCUT2D eigenvalue weighted by Gasteiger charge is 2.10. The molecule has 0 aromatic carbocycles. The van der Waals surface area contributed by atoms with Crippen molar-refractivity contribution >= 4 is 29.1 Å².